The molecule has 0 bridgehead atoms. The lowest BCUT2D eigenvalue weighted by molar-refractivity contribution is 0.166. The summed E-state index contributed by atoms with van der Waals surface area (Å²) in [5.74, 6) is 0.849. The normalized spacial score (nSPS) is 18.5. The molecule has 1 aliphatic rings. The van der Waals surface area contributed by atoms with Crippen molar-refractivity contribution in [1.29, 1.82) is 0 Å². The van der Waals surface area contributed by atoms with Gasteiger partial charge in [0.2, 0.25) is 0 Å². The van der Waals surface area contributed by atoms with Crippen LogP contribution < -0.4 is 15.8 Å². The molecule has 1 atom stereocenters. The average molecular weight is 293 g/mol. The van der Waals surface area contributed by atoms with E-state index in [1.54, 1.807) is 0 Å². The molecule has 0 aliphatic carbocycles. The number of alkyl carbamates (subject to hydrolysis) is 1. The van der Waals surface area contributed by atoms with Crippen LogP contribution in [0.4, 0.5) is 4.79 Å². The number of carbonyl (C=O) groups is 1. The monoisotopic (exact) mass is 293 g/mol. The Morgan fingerprint density at radius 3 is 3.14 bits per heavy atom. The number of likely N-dealkylation sites (tertiary alicyclic amines) is 1. The number of carbonyl (C=O) groups excluding carboxylic acids is 1. The smallest absolute Gasteiger partial charge is 0.407 e. The van der Waals surface area contributed by atoms with Gasteiger partial charge in [-0.1, -0.05) is 12.1 Å². The highest BCUT2D eigenvalue weighted by Gasteiger charge is 2.23. The van der Waals surface area contributed by atoms with Crippen LogP contribution in [0.5, 0.6) is 5.75 Å². The molecule has 6 nitrogen and oxygen atoms in total. The van der Waals surface area contributed by atoms with Crippen LogP contribution in [0.15, 0.2) is 24.3 Å². The van der Waals surface area contributed by atoms with Crippen LogP contribution in [0.1, 0.15) is 12.0 Å². The summed E-state index contributed by atoms with van der Waals surface area (Å²) >= 11 is 0. The molecule has 6 heteroatoms. The molecule has 1 amide bonds. The molecule has 1 aromatic carbocycles. The molecule has 116 valence electrons. The largest absolute Gasteiger partial charge is 0.492 e. The Kier molecular flexibility index (Phi) is 5.83. The maximum absolute atomic E-state index is 11.1. The fourth-order valence-corrected chi connectivity index (χ4v) is 2.43. The maximum Gasteiger partial charge on any atom is 0.407 e. The van der Waals surface area contributed by atoms with Crippen molar-refractivity contribution >= 4 is 6.09 Å². The summed E-state index contributed by atoms with van der Waals surface area (Å²) in [4.78, 5) is 13.4. The van der Waals surface area contributed by atoms with E-state index in [0.717, 1.165) is 37.4 Å². The quantitative estimate of drug-likeness (QED) is 0.817. The van der Waals surface area contributed by atoms with Gasteiger partial charge >= 0.3 is 6.09 Å². The summed E-state index contributed by atoms with van der Waals surface area (Å²) in [5.41, 5.74) is 6.67. The molecular weight excluding hydrogens is 270 g/mol. The molecule has 1 aromatic rings. The van der Waals surface area contributed by atoms with E-state index in [-0.39, 0.29) is 12.1 Å². The highest BCUT2D eigenvalue weighted by atomic mass is 16.5. The zero-order valence-corrected chi connectivity index (χ0v) is 12.4. The van der Waals surface area contributed by atoms with Crippen molar-refractivity contribution in [2.75, 3.05) is 33.4 Å². The summed E-state index contributed by atoms with van der Waals surface area (Å²) in [6, 6.07) is 7.99. The van der Waals surface area contributed by atoms with Gasteiger partial charge in [0.15, 0.2) is 0 Å². The van der Waals surface area contributed by atoms with Gasteiger partial charge in [-0.3, -0.25) is 4.90 Å². The Morgan fingerprint density at radius 1 is 1.52 bits per heavy atom. The molecule has 0 aromatic heterocycles. The first-order valence-corrected chi connectivity index (χ1v) is 7.20. The molecule has 21 heavy (non-hydrogen) atoms. The van der Waals surface area contributed by atoms with Crippen LogP contribution in [-0.4, -0.2) is 50.4 Å². The molecule has 1 aliphatic heterocycles. The molecule has 1 heterocycles. The van der Waals surface area contributed by atoms with Gasteiger partial charge in [0, 0.05) is 32.2 Å². The molecule has 1 fully saturated rings. The van der Waals surface area contributed by atoms with Gasteiger partial charge in [0.05, 0.1) is 7.11 Å². The third-order valence-corrected chi connectivity index (χ3v) is 3.59. The van der Waals surface area contributed by atoms with Crippen molar-refractivity contribution in [1.82, 2.24) is 10.2 Å². The van der Waals surface area contributed by atoms with E-state index < -0.39 is 0 Å². The summed E-state index contributed by atoms with van der Waals surface area (Å²) in [7, 11) is 1.38. The van der Waals surface area contributed by atoms with E-state index in [9.17, 15) is 4.79 Å². The van der Waals surface area contributed by atoms with E-state index in [1.807, 2.05) is 24.3 Å². The first-order valence-electron chi connectivity index (χ1n) is 7.20. The summed E-state index contributed by atoms with van der Waals surface area (Å²) in [6.07, 6.45) is 0.578. The number of nitrogens with one attached hydrogen (secondary N) is 1. The topological polar surface area (TPSA) is 76.8 Å². The minimum Gasteiger partial charge on any atom is -0.492 e. The predicted molar refractivity (Wildman–Crippen MR) is 80.2 cm³/mol. The SMILES string of the molecule is COC(=O)NC1CCN(CCOc2cccc(CN)c2)C1. The third kappa shape index (κ3) is 4.91. The minimum atomic E-state index is -0.364. The van der Waals surface area contributed by atoms with E-state index in [2.05, 4.69) is 15.0 Å². The van der Waals surface area contributed by atoms with E-state index >= 15 is 0 Å². The number of nitrogens with zero attached hydrogens (tertiary/aromatic N) is 1. The van der Waals surface area contributed by atoms with Gasteiger partial charge in [0.25, 0.3) is 0 Å². The van der Waals surface area contributed by atoms with Crippen LogP contribution in [0.3, 0.4) is 0 Å². The Bertz CT molecular complexity index is 467. The van der Waals surface area contributed by atoms with Gasteiger partial charge in [-0.25, -0.2) is 4.79 Å². The second-order valence-electron chi connectivity index (χ2n) is 5.12. The molecule has 2 rings (SSSR count). The number of nitrogens with two attached hydrogens (primary N) is 1. The molecule has 0 spiro atoms. The lowest BCUT2D eigenvalue weighted by Gasteiger charge is -2.16. The molecule has 0 radical (unpaired) electrons. The molecule has 1 saturated heterocycles. The lowest BCUT2D eigenvalue weighted by atomic mass is 10.2. The standard InChI is InChI=1S/C15H23N3O3/c1-20-15(19)17-13-5-6-18(11-13)7-8-21-14-4-2-3-12(9-14)10-16/h2-4,9,13H,5-8,10-11,16H2,1H3,(H,17,19). The highest BCUT2D eigenvalue weighted by molar-refractivity contribution is 5.67. The van der Waals surface area contributed by atoms with Crippen LogP contribution in [-0.2, 0) is 11.3 Å². The predicted octanol–water partition coefficient (Wildman–Crippen LogP) is 0.954. The average Bonchev–Trinajstić information content (AvgIpc) is 2.94. The fraction of sp³-hybridized carbons (Fsp3) is 0.533. The second-order valence-corrected chi connectivity index (χ2v) is 5.12. The van der Waals surface area contributed by atoms with Crippen molar-refractivity contribution in [3.8, 4) is 5.75 Å². The first-order chi connectivity index (χ1) is 10.2. The van der Waals surface area contributed by atoms with Gasteiger partial charge < -0.3 is 20.5 Å². The van der Waals surface area contributed by atoms with E-state index in [0.29, 0.717) is 13.2 Å². The number of benzene rings is 1. The third-order valence-electron chi connectivity index (χ3n) is 3.59. The zero-order chi connectivity index (χ0) is 15.1. The highest BCUT2D eigenvalue weighted by Crippen LogP contribution is 2.14. The molecular formula is C15H23N3O3. The Balaban J connectivity index is 1.68. The molecule has 1 unspecified atom stereocenters. The number of amides is 1. The Morgan fingerprint density at radius 2 is 2.38 bits per heavy atom. The number of hydrogen-bond donors (Lipinski definition) is 2. The number of rotatable bonds is 6. The number of ether oxygens (including phenoxy) is 2. The minimum absolute atomic E-state index is 0.165. The summed E-state index contributed by atoms with van der Waals surface area (Å²) in [5, 5.41) is 2.82. The van der Waals surface area contributed by atoms with Crippen molar-refractivity contribution < 1.29 is 14.3 Å². The van der Waals surface area contributed by atoms with Crippen molar-refractivity contribution in [3.05, 3.63) is 29.8 Å². The van der Waals surface area contributed by atoms with Crippen LogP contribution in [0.2, 0.25) is 0 Å². The summed E-state index contributed by atoms with van der Waals surface area (Å²) in [6.45, 7) is 3.78. The van der Waals surface area contributed by atoms with Crippen molar-refractivity contribution in [3.63, 3.8) is 0 Å². The zero-order valence-electron chi connectivity index (χ0n) is 12.4. The van der Waals surface area contributed by atoms with Gasteiger partial charge in [-0.15, -0.1) is 0 Å². The van der Waals surface area contributed by atoms with Gasteiger partial charge in [-0.05, 0) is 24.1 Å². The number of methoxy groups -OCH3 is 1. The molecule has 3 N–H and O–H groups in total. The Hall–Kier alpha value is -1.79. The first kappa shape index (κ1) is 15.6. The van der Waals surface area contributed by atoms with Gasteiger partial charge in [-0.2, -0.15) is 0 Å². The van der Waals surface area contributed by atoms with Crippen LogP contribution in [0, 0.1) is 0 Å². The molecule has 0 saturated carbocycles. The lowest BCUT2D eigenvalue weighted by Crippen LogP contribution is -2.37. The Labute approximate surface area is 125 Å². The van der Waals surface area contributed by atoms with Crippen molar-refractivity contribution in [2.24, 2.45) is 5.73 Å². The second kappa shape index (κ2) is 7.85. The van der Waals surface area contributed by atoms with E-state index in [1.165, 1.54) is 7.11 Å². The number of hydrogen-bond acceptors (Lipinski definition) is 5. The maximum atomic E-state index is 11.1. The van der Waals surface area contributed by atoms with Crippen molar-refractivity contribution in [2.45, 2.75) is 19.0 Å². The van der Waals surface area contributed by atoms with Gasteiger partial charge in [0.1, 0.15) is 12.4 Å². The summed E-state index contributed by atoms with van der Waals surface area (Å²) < 4.78 is 10.3. The van der Waals surface area contributed by atoms with Crippen LogP contribution in [0.25, 0.3) is 0 Å². The van der Waals surface area contributed by atoms with Crippen LogP contribution >= 0.6 is 0 Å². The van der Waals surface area contributed by atoms with E-state index in [4.69, 9.17) is 10.5 Å². The fourth-order valence-electron chi connectivity index (χ4n) is 2.43.